The van der Waals surface area contributed by atoms with Gasteiger partial charge in [-0.2, -0.15) is 5.10 Å². The summed E-state index contributed by atoms with van der Waals surface area (Å²) in [6.45, 7) is 1.55. The number of aliphatic carboxylic acids is 1. The quantitative estimate of drug-likeness (QED) is 0.851. The number of ether oxygens (including phenoxy) is 1. The lowest BCUT2D eigenvalue weighted by Gasteiger charge is -2.26. The molecule has 25 heavy (non-hydrogen) atoms. The van der Waals surface area contributed by atoms with Crippen LogP contribution >= 0.6 is 11.6 Å². The molecule has 0 radical (unpaired) electrons. The Morgan fingerprint density at radius 1 is 1.52 bits per heavy atom. The Bertz CT molecular complexity index is 847. The number of amides is 1. The van der Waals surface area contributed by atoms with Gasteiger partial charge < -0.3 is 15.2 Å². The number of aryl methyl sites for hydroxylation is 2. The first-order chi connectivity index (χ1) is 11.9. The number of carboxylic acid groups (broad SMARTS) is 1. The fourth-order valence-electron chi connectivity index (χ4n) is 3.11. The van der Waals surface area contributed by atoms with Gasteiger partial charge in [-0.25, -0.2) is 4.79 Å². The van der Waals surface area contributed by atoms with Crippen LogP contribution in [0, 0.1) is 0 Å². The maximum atomic E-state index is 12.2. The van der Waals surface area contributed by atoms with Gasteiger partial charge in [-0.1, -0.05) is 24.6 Å². The van der Waals surface area contributed by atoms with E-state index in [1.165, 1.54) is 0 Å². The van der Waals surface area contributed by atoms with Gasteiger partial charge in [0.2, 0.25) is 5.91 Å². The summed E-state index contributed by atoms with van der Waals surface area (Å²) in [6, 6.07) is 5.17. The molecule has 0 spiro atoms. The lowest BCUT2D eigenvalue weighted by atomic mass is 9.84. The van der Waals surface area contributed by atoms with Crippen molar-refractivity contribution >= 4 is 29.2 Å². The maximum absolute atomic E-state index is 12.2. The number of hydrogen-bond donors (Lipinski definition) is 2. The molecule has 1 aromatic carbocycles. The van der Waals surface area contributed by atoms with E-state index in [4.69, 9.17) is 21.4 Å². The van der Waals surface area contributed by atoms with Crippen LogP contribution in [-0.2, 0) is 23.1 Å². The molecule has 3 rings (SSSR count). The first-order valence-electron chi connectivity index (χ1n) is 7.90. The van der Waals surface area contributed by atoms with Crippen molar-refractivity contribution in [1.29, 1.82) is 0 Å². The molecule has 2 aromatic rings. The summed E-state index contributed by atoms with van der Waals surface area (Å²) in [7, 11) is 1.78. The van der Waals surface area contributed by atoms with Gasteiger partial charge in [-0.05, 0) is 18.1 Å². The van der Waals surface area contributed by atoms with Crippen molar-refractivity contribution in [2.45, 2.75) is 25.7 Å². The molecule has 132 valence electrons. The van der Waals surface area contributed by atoms with Crippen molar-refractivity contribution in [3.63, 3.8) is 0 Å². The van der Waals surface area contributed by atoms with E-state index in [1.54, 1.807) is 23.9 Å². The van der Waals surface area contributed by atoms with Crippen molar-refractivity contribution < 1.29 is 19.4 Å². The van der Waals surface area contributed by atoms with Gasteiger partial charge in [0.05, 0.1) is 5.69 Å². The molecule has 1 atom stereocenters. The van der Waals surface area contributed by atoms with Crippen molar-refractivity contribution in [1.82, 2.24) is 9.78 Å². The van der Waals surface area contributed by atoms with Gasteiger partial charge >= 0.3 is 5.97 Å². The van der Waals surface area contributed by atoms with E-state index in [1.807, 2.05) is 13.0 Å². The number of benzene rings is 1. The lowest BCUT2D eigenvalue weighted by molar-refractivity contribution is -0.139. The number of nitrogens with zero attached hydrogens (tertiary/aromatic N) is 2. The monoisotopic (exact) mass is 363 g/mol. The normalized spacial score (nSPS) is 16.3. The zero-order valence-electron chi connectivity index (χ0n) is 13.9. The highest BCUT2D eigenvalue weighted by Crippen LogP contribution is 2.42. The average molecular weight is 364 g/mol. The number of nitrogens with one attached hydrogen (secondary N) is 1. The SMILES string of the molecule is CCc1nn(C)c(Cl)c1C1CC(=O)Nc2cc(OCC(=O)O)ccc21. The van der Waals surface area contributed by atoms with Crippen molar-refractivity contribution in [2.75, 3.05) is 11.9 Å². The molecule has 8 heteroatoms. The minimum atomic E-state index is -1.06. The Labute approximate surface area is 149 Å². The minimum absolute atomic E-state index is 0.130. The van der Waals surface area contributed by atoms with Crippen LogP contribution < -0.4 is 10.1 Å². The van der Waals surface area contributed by atoms with Crippen LogP contribution in [-0.4, -0.2) is 33.4 Å². The Morgan fingerprint density at radius 3 is 2.96 bits per heavy atom. The molecule has 1 aliphatic rings. The summed E-state index contributed by atoms with van der Waals surface area (Å²) in [5.41, 5.74) is 3.24. The Hall–Kier alpha value is -2.54. The molecule has 0 aliphatic carbocycles. The number of fused-ring (bicyclic) bond motifs is 1. The zero-order chi connectivity index (χ0) is 18.1. The number of aromatic nitrogens is 2. The first-order valence-corrected chi connectivity index (χ1v) is 8.28. The molecule has 7 nitrogen and oxygen atoms in total. The van der Waals surface area contributed by atoms with E-state index in [9.17, 15) is 9.59 Å². The first kappa shape index (κ1) is 17.3. The molecular weight excluding hydrogens is 346 g/mol. The fraction of sp³-hybridized carbons (Fsp3) is 0.353. The maximum Gasteiger partial charge on any atom is 0.341 e. The van der Waals surface area contributed by atoms with Gasteiger partial charge in [0.1, 0.15) is 10.9 Å². The molecule has 2 N–H and O–H groups in total. The number of carbonyl (C=O) groups is 2. The zero-order valence-corrected chi connectivity index (χ0v) is 14.6. The molecule has 2 heterocycles. The summed E-state index contributed by atoms with van der Waals surface area (Å²) >= 11 is 6.43. The van der Waals surface area contributed by atoms with E-state index in [-0.39, 0.29) is 18.2 Å². The second-order valence-corrected chi connectivity index (χ2v) is 6.22. The average Bonchev–Trinajstić information content (AvgIpc) is 2.86. The molecule has 0 bridgehead atoms. The van der Waals surface area contributed by atoms with Crippen LogP contribution in [0.15, 0.2) is 18.2 Å². The summed E-state index contributed by atoms with van der Waals surface area (Å²) in [5, 5.41) is 16.5. The molecule has 0 saturated carbocycles. The molecule has 1 amide bonds. The second kappa shape index (κ2) is 6.76. The van der Waals surface area contributed by atoms with Crippen molar-refractivity contribution in [3.8, 4) is 5.75 Å². The third kappa shape index (κ3) is 3.32. The summed E-state index contributed by atoms with van der Waals surface area (Å²) < 4.78 is 6.81. The predicted molar refractivity (Wildman–Crippen MR) is 92.3 cm³/mol. The van der Waals surface area contributed by atoms with E-state index in [0.717, 1.165) is 16.8 Å². The third-order valence-electron chi connectivity index (χ3n) is 4.20. The van der Waals surface area contributed by atoms with Crippen molar-refractivity contribution in [2.24, 2.45) is 7.05 Å². The van der Waals surface area contributed by atoms with Crippen LogP contribution in [0.1, 0.15) is 36.1 Å². The van der Waals surface area contributed by atoms with Crippen LogP contribution in [0.25, 0.3) is 0 Å². The van der Waals surface area contributed by atoms with Gasteiger partial charge in [0.25, 0.3) is 0 Å². The molecular formula is C17H18ClN3O4. The number of hydrogen-bond acceptors (Lipinski definition) is 4. The standard InChI is InChI=1S/C17H18ClN3O4/c1-3-12-16(17(18)21(2)20-12)11-7-14(22)19-13-6-9(4-5-10(11)13)25-8-15(23)24/h4-6,11H,3,7-8H2,1-2H3,(H,19,22)(H,23,24). The van der Waals surface area contributed by atoms with Gasteiger partial charge in [-0.15, -0.1) is 0 Å². The second-order valence-electron chi connectivity index (χ2n) is 5.86. The molecule has 1 aliphatic heterocycles. The number of carbonyl (C=O) groups excluding carboxylic acids is 1. The van der Waals surface area contributed by atoms with Crippen LogP contribution in [0.5, 0.6) is 5.75 Å². The Kier molecular flexibility index (Phi) is 4.67. The minimum Gasteiger partial charge on any atom is -0.482 e. The summed E-state index contributed by atoms with van der Waals surface area (Å²) in [4.78, 5) is 22.8. The predicted octanol–water partition coefficient (Wildman–Crippen LogP) is 2.57. The largest absolute Gasteiger partial charge is 0.482 e. The molecule has 0 fully saturated rings. The number of halogens is 1. The highest BCUT2D eigenvalue weighted by Gasteiger charge is 2.32. The van der Waals surface area contributed by atoms with Crippen molar-refractivity contribution in [3.05, 3.63) is 40.2 Å². The van der Waals surface area contributed by atoms with E-state index in [0.29, 0.717) is 23.0 Å². The summed E-state index contributed by atoms with van der Waals surface area (Å²) in [5.74, 6) is -1.01. The molecule has 1 aromatic heterocycles. The summed E-state index contributed by atoms with van der Waals surface area (Å²) in [6.07, 6.45) is 0.990. The van der Waals surface area contributed by atoms with Gasteiger partial charge in [0, 0.05) is 36.7 Å². The number of carboxylic acids is 1. The van der Waals surface area contributed by atoms with Gasteiger partial charge in [0.15, 0.2) is 6.61 Å². The van der Waals surface area contributed by atoms with Crippen LogP contribution in [0.3, 0.4) is 0 Å². The number of anilines is 1. The third-order valence-corrected chi connectivity index (χ3v) is 4.65. The molecule has 0 saturated heterocycles. The Balaban J connectivity index is 2.02. The molecule has 1 unspecified atom stereocenters. The smallest absolute Gasteiger partial charge is 0.341 e. The van der Waals surface area contributed by atoms with Gasteiger partial charge in [-0.3, -0.25) is 9.48 Å². The van der Waals surface area contributed by atoms with Crippen LogP contribution in [0.2, 0.25) is 5.15 Å². The number of rotatable bonds is 5. The fourth-order valence-corrected chi connectivity index (χ4v) is 3.39. The highest BCUT2D eigenvalue weighted by molar-refractivity contribution is 6.30. The van der Waals surface area contributed by atoms with E-state index < -0.39 is 12.6 Å². The van der Waals surface area contributed by atoms with E-state index in [2.05, 4.69) is 10.4 Å². The van der Waals surface area contributed by atoms with Crippen LogP contribution in [0.4, 0.5) is 5.69 Å². The topological polar surface area (TPSA) is 93.5 Å². The van der Waals surface area contributed by atoms with E-state index >= 15 is 0 Å². The highest BCUT2D eigenvalue weighted by atomic mass is 35.5. The lowest BCUT2D eigenvalue weighted by Crippen LogP contribution is -2.24. The Morgan fingerprint density at radius 2 is 2.28 bits per heavy atom.